The Morgan fingerprint density at radius 1 is 0.406 bits per heavy atom. The summed E-state index contributed by atoms with van der Waals surface area (Å²) in [5.74, 6) is -0.240. The van der Waals surface area contributed by atoms with Crippen LogP contribution in [0.2, 0.25) is 0 Å². The number of unbranched alkanes of at least 4 members (excludes halogenated alkanes) is 34. The molecular weight excluding hydrogens is 810 g/mol. The smallest absolute Gasteiger partial charge is 0.364 e. The Kier molecular flexibility index (Phi) is 52.1. The lowest BCUT2D eigenvalue weighted by molar-refractivity contribution is -0.939. The molecule has 1 unspecified atom stereocenters. The van der Waals surface area contributed by atoms with Crippen molar-refractivity contribution in [2.45, 2.75) is 323 Å². The Morgan fingerprint density at radius 2 is 0.719 bits per heavy atom. The van der Waals surface area contributed by atoms with Crippen LogP contribution in [-0.2, 0) is 19.1 Å². The lowest BCUT2D eigenvalue weighted by Gasteiger charge is -2.41. The number of rotatable bonds is 51. The average molecular weight is 925 g/mol. The molecule has 5 nitrogen and oxygen atoms in total. The fourth-order valence-electron chi connectivity index (χ4n) is 9.75. The zero-order valence-electron chi connectivity index (χ0n) is 44.3. The van der Waals surface area contributed by atoms with Crippen LogP contribution in [0.3, 0.4) is 0 Å². The van der Waals surface area contributed by atoms with Crippen LogP contribution in [0.4, 0.5) is 0 Å². The van der Waals surface area contributed by atoms with Crippen molar-refractivity contribution in [3.8, 4) is 0 Å². The van der Waals surface area contributed by atoms with Gasteiger partial charge in [0.15, 0.2) is 6.04 Å². The third-order valence-electron chi connectivity index (χ3n) is 14.4. The lowest BCUT2D eigenvalue weighted by Crippen LogP contribution is -3.00. The van der Waals surface area contributed by atoms with E-state index >= 15 is 0 Å². The Balaban J connectivity index is 0. The van der Waals surface area contributed by atoms with E-state index in [9.17, 15) is 9.59 Å². The molecule has 0 aliphatic heterocycles. The molecule has 382 valence electrons. The summed E-state index contributed by atoms with van der Waals surface area (Å²) in [5, 5.41) is 0. The maximum absolute atomic E-state index is 13.7. The van der Waals surface area contributed by atoms with Crippen molar-refractivity contribution < 1.29 is 36.0 Å². The van der Waals surface area contributed by atoms with Gasteiger partial charge in [0.1, 0.15) is 6.10 Å². The van der Waals surface area contributed by atoms with Gasteiger partial charge in [0.2, 0.25) is 0 Å². The molecule has 0 bridgehead atoms. The maximum atomic E-state index is 13.7. The predicted octanol–water partition coefficient (Wildman–Crippen LogP) is 15.7. The van der Waals surface area contributed by atoms with E-state index < -0.39 is 0 Å². The normalized spacial score (nSPS) is 12.3. The number of nitrogens with zero attached hydrogens (tertiary/aromatic N) is 1. The molecule has 0 saturated carbocycles. The summed E-state index contributed by atoms with van der Waals surface area (Å²) in [4.78, 5) is 27.3. The van der Waals surface area contributed by atoms with Gasteiger partial charge in [-0.3, -0.25) is 4.79 Å². The SMILES string of the molecule is CCCCCCCC/C=C\CCCCCCCCOC(=O)C(CCC(=O)OC(CCCCCCCCCCCCCC)CCCCCCCCCCCCCC)[N+](CC)(CC)CC.[Cl-]. The summed E-state index contributed by atoms with van der Waals surface area (Å²) in [6.45, 7) is 16.4. The lowest BCUT2D eigenvalue weighted by atomic mass is 10.0. The largest absolute Gasteiger partial charge is 1.00 e. The second kappa shape index (κ2) is 51.3. The van der Waals surface area contributed by atoms with Crippen LogP contribution in [0.15, 0.2) is 12.2 Å². The average Bonchev–Trinajstić information content (AvgIpc) is 3.29. The number of allylic oxidation sites excluding steroid dienone is 2. The summed E-state index contributed by atoms with van der Waals surface area (Å²) < 4.78 is 12.9. The van der Waals surface area contributed by atoms with E-state index in [1.807, 2.05) is 0 Å². The first-order chi connectivity index (χ1) is 30.9. The van der Waals surface area contributed by atoms with Gasteiger partial charge < -0.3 is 26.4 Å². The number of hydrogen-bond donors (Lipinski definition) is 0. The number of hydrogen-bond acceptors (Lipinski definition) is 4. The Labute approximate surface area is 408 Å². The summed E-state index contributed by atoms with van der Waals surface area (Å²) in [6.07, 6.45) is 57.4. The van der Waals surface area contributed by atoms with Crippen LogP contribution in [0, 0.1) is 0 Å². The third kappa shape index (κ3) is 40.0. The first kappa shape index (κ1) is 65.0. The first-order valence-electron chi connectivity index (χ1n) is 28.8. The molecule has 1 atom stereocenters. The summed E-state index contributed by atoms with van der Waals surface area (Å²) in [5.41, 5.74) is 0. The predicted molar refractivity (Wildman–Crippen MR) is 277 cm³/mol. The third-order valence-corrected chi connectivity index (χ3v) is 14.4. The zero-order valence-corrected chi connectivity index (χ0v) is 45.1. The van der Waals surface area contributed by atoms with E-state index in [0.717, 1.165) is 58.2 Å². The molecule has 0 aliphatic carbocycles. The second-order valence-corrected chi connectivity index (χ2v) is 19.8. The number of ether oxygens (including phenoxy) is 2. The molecule has 0 N–H and O–H groups in total. The fourth-order valence-corrected chi connectivity index (χ4v) is 9.75. The van der Waals surface area contributed by atoms with Crippen LogP contribution in [0.5, 0.6) is 0 Å². The first-order valence-corrected chi connectivity index (χ1v) is 28.8. The Bertz CT molecular complexity index is 947. The van der Waals surface area contributed by atoms with Gasteiger partial charge in [-0.2, -0.15) is 0 Å². The number of quaternary nitrogens is 1. The highest BCUT2D eigenvalue weighted by Gasteiger charge is 2.40. The van der Waals surface area contributed by atoms with Crippen LogP contribution in [0.1, 0.15) is 311 Å². The van der Waals surface area contributed by atoms with Crippen molar-refractivity contribution in [2.24, 2.45) is 0 Å². The van der Waals surface area contributed by atoms with Gasteiger partial charge in [0, 0.05) is 6.42 Å². The highest BCUT2D eigenvalue weighted by molar-refractivity contribution is 5.76. The van der Waals surface area contributed by atoms with Gasteiger partial charge in [-0.25, -0.2) is 4.79 Å². The maximum Gasteiger partial charge on any atom is 0.364 e. The zero-order chi connectivity index (χ0) is 46.2. The topological polar surface area (TPSA) is 52.6 Å². The molecule has 0 amide bonds. The summed E-state index contributed by atoms with van der Waals surface area (Å²) in [7, 11) is 0. The highest BCUT2D eigenvalue weighted by atomic mass is 35.5. The standard InChI is InChI=1S/C58H114NO4.ClH/c1-7-13-16-19-22-25-28-31-32-33-34-37-40-43-46-49-54-62-58(61)56(59(10-4,11-5)12-6)52-53-57(60)63-55(50-47-44-41-38-35-29-26-23-20-17-14-8-2)51-48-45-42-39-36-30-27-24-21-18-15-9-3;/h31-32,55-56H,7-30,33-54H2,1-6H3;1H/q+1;/p-1/b32-31-;. The molecule has 6 heteroatoms. The Morgan fingerprint density at radius 3 is 1.06 bits per heavy atom. The molecule has 0 saturated heterocycles. The molecule has 0 fully saturated rings. The van der Waals surface area contributed by atoms with Crippen molar-refractivity contribution in [1.29, 1.82) is 0 Å². The molecule has 0 spiro atoms. The van der Waals surface area contributed by atoms with Gasteiger partial charge in [0.25, 0.3) is 0 Å². The van der Waals surface area contributed by atoms with Gasteiger partial charge in [-0.15, -0.1) is 0 Å². The van der Waals surface area contributed by atoms with Gasteiger partial charge in [0.05, 0.1) is 32.7 Å². The van der Waals surface area contributed by atoms with Crippen molar-refractivity contribution in [2.75, 3.05) is 26.2 Å². The summed E-state index contributed by atoms with van der Waals surface area (Å²) >= 11 is 0. The summed E-state index contributed by atoms with van der Waals surface area (Å²) in [6, 6.07) is -0.321. The number of halogens is 1. The number of carbonyl (C=O) groups is 2. The van der Waals surface area contributed by atoms with E-state index in [1.54, 1.807) is 0 Å². The number of likely N-dealkylation sites (N-methyl/N-ethyl adjacent to an activating group) is 1. The molecule has 0 aliphatic rings. The monoisotopic (exact) mass is 924 g/mol. The van der Waals surface area contributed by atoms with Crippen molar-refractivity contribution in [3.63, 3.8) is 0 Å². The van der Waals surface area contributed by atoms with Crippen molar-refractivity contribution >= 4 is 11.9 Å². The molecule has 0 aromatic rings. The van der Waals surface area contributed by atoms with Crippen LogP contribution in [0.25, 0.3) is 0 Å². The van der Waals surface area contributed by atoms with Gasteiger partial charge >= 0.3 is 11.9 Å². The van der Waals surface area contributed by atoms with E-state index in [0.29, 0.717) is 23.9 Å². The molecule has 0 rings (SSSR count). The fraction of sp³-hybridized carbons (Fsp3) is 0.931. The van der Waals surface area contributed by atoms with E-state index in [-0.39, 0.29) is 36.5 Å². The molecule has 0 heterocycles. The molecule has 0 aromatic heterocycles. The van der Waals surface area contributed by atoms with E-state index in [4.69, 9.17) is 9.47 Å². The molecule has 0 radical (unpaired) electrons. The quantitative estimate of drug-likeness (QED) is 0.0264. The van der Waals surface area contributed by atoms with E-state index in [1.165, 1.54) is 218 Å². The van der Waals surface area contributed by atoms with Gasteiger partial charge in [-0.05, 0) is 78.6 Å². The van der Waals surface area contributed by atoms with Crippen LogP contribution >= 0.6 is 0 Å². The van der Waals surface area contributed by atoms with Gasteiger partial charge in [-0.1, -0.05) is 232 Å². The molecule has 0 aromatic carbocycles. The highest BCUT2D eigenvalue weighted by Crippen LogP contribution is 2.23. The second-order valence-electron chi connectivity index (χ2n) is 19.8. The van der Waals surface area contributed by atoms with Crippen LogP contribution < -0.4 is 12.4 Å². The van der Waals surface area contributed by atoms with Crippen molar-refractivity contribution in [1.82, 2.24) is 0 Å². The molecular formula is C58H114ClNO4. The molecule has 64 heavy (non-hydrogen) atoms. The minimum Gasteiger partial charge on any atom is -1.00 e. The van der Waals surface area contributed by atoms with Crippen LogP contribution in [-0.4, -0.2) is 54.8 Å². The minimum absolute atomic E-state index is 0. The van der Waals surface area contributed by atoms with E-state index in [2.05, 4.69) is 53.7 Å². The minimum atomic E-state index is -0.321. The Hall–Kier alpha value is -1.07. The van der Waals surface area contributed by atoms with Crippen molar-refractivity contribution in [3.05, 3.63) is 12.2 Å². The number of esters is 2. The number of carbonyl (C=O) groups excluding carboxylic acids is 2.